The predicted molar refractivity (Wildman–Crippen MR) is 116 cm³/mol. The first-order valence-electron chi connectivity index (χ1n) is 8.71. The molecule has 29 heavy (non-hydrogen) atoms. The summed E-state index contributed by atoms with van der Waals surface area (Å²) >= 11 is 0. The van der Waals surface area contributed by atoms with Crippen molar-refractivity contribution in [1.29, 1.82) is 0 Å². The smallest absolute Gasteiger partial charge is 0.337 e. The molecule has 2 rings (SSSR count). The molecule has 0 saturated heterocycles. The number of halogens is 2. The van der Waals surface area contributed by atoms with Crippen LogP contribution in [-0.4, -0.2) is 58.2 Å². The monoisotopic (exact) mass is 446 g/mol. The molecule has 1 aromatic carbocycles. The number of hydrogen-bond acceptors (Lipinski definition) is 7. The van der Waals surface area contributed by atoms with Crippen molar-refractivity contribution < 1.29 is 23.5 Å². The number of carbonyl (C=O) groups excluding carboxylic acids is 2. The minimum atomic E-state index is -0.531. The Hall–Kier alpha value is -2.06. The number of carbonyl (C=O) groups is 2. The van der Waals surface area contributed by atoms with Crippen molar-refractivity contribution in [3.05, 3.63) is 47.2 Å². The zero-order valence-corrected chi connectivity index (χ0v) is 18.7. The van der Waals surface area contributed by atoms with Gasteiger partial charge in [0.1, 0.15) is 11.5 Å². The number of nitrogens with zero attached hydrogens (tertiary/aromatic N) is 1. The van der Waals surface area contributed by atoms with Gasteiger partial charge in [0, 0.05) is 5.56 Å². The second kappa shape index (κ2) is 13.2. The Labute approximate surface area is 183 Å². The summed E-state index contributed by atoms with van der Waals surface area (Å²) in [7, 11) is 6.67. The number of hydrogen-bond donors (Lipinski definition) is 1. The van der Waals surface area contributed by atoms with Crippen LogP contribution in [0.15, 0.2) is 34.7 Å². The van der Waals surface area contributed by atoms with E-state index in [1.807, 2.05) is 26.2 Å². The fraction of sp³-hybridized carbons (Fsp3) is 0.400. The SMILES string of the molecule is COC(=O)c1cc(C(=O)OC)cc(-c2ccc(CNCCCN(C)C)o2)c1.Cl.Cl. The minimum absolute atomic E-state index is 0. The predicted octanol–water partition coefficient (Wildman–Crippen LogP) is 3.40. The van der Waals surface area contributed by atoms with E-state index in [0.29, 0.717) is 17.9 Å². The maximum atomic E-state index is 11.9. The third-order valence-corrected chi connectivity index (χ3v) is 3.98. The van der Waals surface area contributed by atoms with Gasteiger partial charge in [-0.3, -0.25) is 0 Å². The van der Waals surface area contributed by atoms with E-state index in [0.717, 1.165) is 25.3 Å². The highest BCUT2D eigenvalue weighted by Gasteiger charge is 2.16. The van der Waals surface area contributed by atoms with Gasteiger partial charge in [-0.2, -0.15) is 0 Å². The lowest BCUT2D eigenvalue weighted by Crippen LogP contribution is -2.20. The number of methoxy groups -OCH3 is 2. The summed E-state index contributed by atoms with van der Waals surface area (Å²) in [5.74, 6) is 0.279. The molecule has 0 spiro atoms. The van der Waals surface area contributed by atoms with Crippen molar-refractivity contribution >= 4 is 36.8 Å². The molecule has 0 aliphatic heterocycles. The largest absolute Gasteiger partial charge is 0.465 e. The van der Waals surface area contributed by atoms with Gasteiger partial charge in [-0.25, -0.2) is 9.59 Å². The number of esters is 2. The number of ether oxygens (including phenoxy) is 2. The molecular weight excluding hydrogens is 419 g/mol. The van der Waals surface area contributed by atoms with Crippen LogP contribution in [0, 0.1) is 0 Å². The Morgan fingerprint density at radius 2 is 1.59 bits per heavy atom. The zero-order valence-electron chi connectivity index (χ0n) is 17.0. The van der Waals surface area contributed by atoms with Crippen LogP contribution < -0.4 is 5.32 Å². The third kappa shape index (κ3) is 8.06. The lowest BCUT2D eigenvalue weighted by molar-refractivity contribution is 0.0599. The molecule has 1 heterocycles. The van der Waals surface area contributed by atoms with Crippen LogP contribution in [0.4, 0.5) is 0 Å². The Morgan fingerprint density at radius 3 is 2.10 bits per heavy atom. The van der Waals surface area contributed by atoms with Crippen molar-refractivity contribution in [2.75, 3.05) is 41.4 Å². The summed E-state index contributed by atoms with van der Waals surface area (Å²) in [5, 5.41) is 3.33. The molecule has 0 bridgehead atoms. The molecule has 1 aromatic heterocycles. The summed E-state index contributed by atoms with van der Waals surface area (Å²) < 4.78 is 15.4. The van der Waals surface area contributed by atoms with Gasteiger partial charge in [0.05, 0.1) is 31.9 Å². The van der Waals surface area contributed by atoms with E-state index < -0.39 is 11.9 Å². The average Bonchev–Trinajstić information content (AvgIpc) is 3.14. The fourth-order valence-electron chi connectivity index (χ4n) is 2.60. The van der Waals surface area contributed by atoms with Crippen LogP contribution in [0.1, 0.15) is 32.9 Å². The topological polar surface area (TPSA) is 81.0 Å². The molecular formula is C20H28Cl2N2O5. The van der Waals surface area contributed by atoms with Crippen molar-refractivity contribution in [3.8, 4) is 11.3 Å². The highest BCUT2D eigenvalue weighted by molar-refractivity contribution is 5.97. The standard InChI is InChI=1S/C20H26N2O5.2ClH/c1-22(2)9-5-8-21-13-17-6-7-18(27-17)14-10-15(19(23)25-3)12-16(11-14)20(24)26-4;;/h6-7,10-12,21H,5,8-9,13H2,1-4H3;2*1H. The second-order valence-electron chi connectivity index (χ2n) is 6.38. The van der Waals surface area contributed by atoms with Crippen molar-refractivity contribution in [1.82, 2.24) is 10.2 Å². The molecule has 0 atom stereocenters. The normalized spacial score (nSPS) is 10.1. The molecule has 0 radical (unpaired) electrons. The van der Waals surface area contributed by atoms with Crippen LogP contribution in [0.25, 0.3) is 11.3 Å². The number of nitrogens with one attached hydrogen (secondary N) is 1. The summed E-state index contributed by atoms with van der Waals surface area (Å²) in [4.78, 5) is 25.9. The summed E-state index contributed by atoms with van der Waals surface area (Å²) in [5.41, 5.74) is 1.13. The second-order valence-corrected chi connectivity index (χ2v) is 6.38. The van der Waals surface area contributed by atoms with E-state index in [2.05, 4.69) is 10.2 Å². The molecule has 2 aromatic rings. The lowest BCUT2D eigenvalue weighted by atomic mass is 10.0. The van der Waals surface area contributed by atoms with Gasteiger partial charge in [0.15, 0.2) is 0 Å². The highest BCUT2D eigenvalue weighted by Crippen LogP contribution is 2.25. The van der Waals surface area contributed by atoms with E-state index >= 15 is 0 Å². The molecule has 0 fully saturated rings. The quantitative estimate of drug-likeness (QED) is 0.466. The van der Waals surface area contributed by atoms with Crippen LogP contribution in [0.2, 0.25) is 0 Å². The maximum Gasteiger partial charge on any atom is 0.337 e. The van der Waals surface area contributed by atoms with E-state index in [1.54, 1.807) is 12.1 Å². The molecule has 0 aliphatic carbocycles. The summed E-state index contributed by atoms with van der Waals surface area (Å²) in [6.07, 6.45) is 1.05. The first kappa shape index (κ1) is 26.9. The molecule has 0 aliphatic rings. The molecule has 7 nitrogen and oxygen atoms in total. The van der Waals surface area contributed by atoms with Gasteiger partial charge < -0.3 is 24.1 Å². The van der Waals surface area contributed by atoms with E-state index in [9.17, 15) is 9.59 Å². The van der Waals surface area contributed by atoms with Gasteiger partial charge in [0.2, 0.25) is 0 Å². The van der Waals surface area contributed by atoms with Gasteiger partial charge in [-0.05, 0) is 63.9 Å². The van der Waals surface area contributed by atoms with Crippen molar-refractivity contribution in [2.24, 2.45) is 0 Å². The number of furan rings is 1. The van der Waals surface area contributed by atoms with Gasteiger partial charge in [0.25, 0.3) is 0 Å². The highest BCUT2D eigenvalue weighted by atomic mass is 35.5. The van der Waals surface area contributed by atoms with E-state index in [-0.39, 0.29) is 35.9 Å². The maximum absolute atomic E-state index is 11.9. The molecule has 162 valence electrons. The first-order chi connectivity index (χ1) is 12.9. The fourth-order valence-corrected chi connectivity index (χ4v) is 2.60. The summed E-state index contributed by atoms with van der Waals surface area (Å²) in [6, 6.07) is 8.39. The van der Waals surface area contributed by atoms with Crippen LogP contribution in [-0.2, 0) is 16.0 Å². The molecule has 0 unspecified atom stereocenters. The van der Waals surface area contributed by atoms with Crippen LogP contribution in [0.3, 0.4) is 0 Å². The molecule has 0 amide bonds. The van der Waals surface area contributed by atoms with Crippen molar-refractivity contribution in [3.63, 3.8) is 0 Å². The van der Waals surface area contributed by atoms with E-state index in [4.69, 9.17) is 13.9 Å². The van der Waals surface area contributed by atoms with E-state index in [1.165, 1.54) is 20.3 Å². The summed E-state index contributed by atoms with van der Waals surface area (Å²) in [6.45, 7) is 2.51. The Balaban J connectivity index is 0.00000392. The molecule has 9 heteroatoms. The first-order valence-corrected chi connectivity index (χ1v) is 8.71. The molecule has 0 saturated carbocycles. The number of rotatable bonds is 9. The zero-order chi connectivity index (χ0) is 19.8. The Morgan fingerprint density at radius 1 is 1.00 bits per heavy atom. The molecule has 1 N–H and O–H groups in total. The van der Waals surface area contributed by atoms with Gasteiger partial charge in [-0.1, -0.05) is 0 Å². The van der Waals surface area contributed by atoms with Crippen LogP contribution in [0.5, 0.6) is 0 Å². The third-order valence-electron chi connectivity index (χ3n) is 3.98. The average molecular weight is 447 g/mol. The minimum Gasteiger partial charge on any atom is -0.465 e. The number of benzene rings is 1. The van der Waals surface area contributed by atoms with Crippen LogP contribution >= 0.6 is 24.8 Å². The van der Waals surface area contributed by atoms with Gasteiger partial charge in [-0.15, -0.1) is 24.8 Å². The van der Waals surface area contributed by atoms with Crippen molar-refractivity contribution in [2.45, 2.75) is 13.0 Å². The Bertz CT molecular complexity index is 759. The lowest BCUT2D eigenvalue weighted by Gasteiger charge is -2.09. The Kier molecular flexibility index (Phi) is 12.3. The van der Waals surface area contributed by atoms with Gasteiger partial charge >= 0.3 is 11.9 Å².